The number of benzene rings is 3. The average molecular weight is 465 g/mol. The summed E-state index contributed by atoms with van der Waals surface area (Å²) in [4.78, 5) is 2.39. The Morgan fingerprint density at radius 2 is 1.61 bits per heavy atom. The summed E-state index contributed by atoms with van der Waals surface area (Å²) in [6, 6.07) is 21.5. The molecule has 0 aliphatic carbocycles. The molecule has 170 valence electrons. The standard InChI is InChI=1S/C28H27ClF2N2/c1-28(2,3)26(21-14-23(30)16-24(31)15-21)25-11-12-33(25)27(19-7-9-22(29)10-8-19)20-6-4-5-18(13-20)17-32/h4-10,13-16,25-27H,11-12H2,1-3H3. The predicted octanol–water partition coefficient (Wildman–Crippen LogP) is 7.48. The van der Waals surface area contributed by atoms with Crippen LogP contribution in [0.3, 0.4) is 0 Å². The number of hydrogen-bond acceptors (Lipinski definition) is 2. The molecule has 0 radical (unpaired) electrons. The van der Waals surface area contributed by atoms with E-state index in [9.17, 15) is 14.0 Å². The molecule has 0 aromatic heterocycles. The highest BCUT2D eigenvalue weighted by atomic mass is 35.5. The van der Waals surface area contributed by atoms with Crippen molar-refractivity contribution in [2.75, 3.05) is 6.54 Å². The fourth-order valence-corrected chi connectivity index (χ4v) is 5.28. The van der Waals surface area contributed by atoms with E-state index >= 15 is 0 Å². The van der Waals surface area contributed by atoms with Gasteiger partial charge in [0.1, 0.15) is 11.6 Å². The van der Waals surface area contributed by atoms with Crippen LogP contribution in [0.15, 0.2) is 66.7 Å². The highest BCUT2D eigenvalue weighted by molar-refractivity contribution is 6.30. The van der Waals surface area contributed by atoms with E-state index < -0.39 is 11.6 Å². The van der Waals surface area contributed by atoms with Crippen molar-refractivity contribution in [3.05, 3.63) is 106 Å². The van der Waals surface area contributed by atoms with E-state index in [1.54, 1.807) is 6.07 Å². The fraction of sp³-hybridized carbons (Fsp3) is 0.321. The Labute approximate surface area is 199 Å². The third-order valence-electron chi connectivity index (χ3n) is 6.52. The van der Waals surface area contributed by atoms with Crippen LogP contribution in [0.2, 0.25) is 5.02 Å². The van der Waals surface area contributed by atoms with Crippen molar-refractivity contribution >= 4 is 11.6 Å². The van der Waals surface area contributed by atoms with Crippen molar-refractivity contribution in [3.8, 4) is 6.07 Å². The minimum atomic E-state index is -0.555. The first-order valence-corrected chi connectivity index (χ1v) is 11.5. The SMILES string of the molecule is CC(C)(C)C(c1cc(F)cc(F)c1)C1CCN1C(c1ccc(Cl)cc1)c1cccc(C#N)c1. The summed E-state index contributed by atoms with van der Waals surface area (Å²) in [7, 11) is 0. The van der Waals surface area contributed by atoms with Crippen LogP contribution in [0.4, 0.5) is 8.78 Å². The molecule has 0 N–H and O–H groups in total. The molecule has 0 spiro atoms. The number of nitriles is 1. The molecule has 1 aliphatic heterocycles. The zero-order chi connectivity index (χ0) is 23.8. The Bertz CT molecular complexity index is 1160. The molecule has 3 unspecified atom stereocenters. The second kappa shape index (κ2) is 9.25. The van der Waals surface area contributed by atoms with Crippen LogP contribution >= 0.6 is 11.6 Å². The van der Waals surface area contributed by atoms with Crippen molar-refractivity contribution < 1.29 is 8.78 Å². The van der Waals surface area contributed by atoms with Crippen LogP contribution in [-0.2, 0) is 0 Å². The summed E-state index contributed by atoms with van der Waals surface area (Å²) < 4.78 is 28.3. The smallest absolute Gasteiger partial charge is 0.126 e. The van der Waals surface area contributed by atoms with Crippen LogP contribution in [0.1, 0.15) is 61.4 Å². The van der Waals surface area contributed by atoms with Crippen LogP contribution in [0.5, 0.6) is 0 Å². The van der Waals surface area contributed by atoms with Gasteiger partial charge >= 0.3 is 0 Å². The Hall–Kier alpha value is -2.74. The summed E-state index contributed by atoms with van der Waals surface area (Å²) >= 11 is 6.16. The third kappa shape index (κ3) is 4.95. The van der Waals surface area contributed by atoms with Gasteiger partial charge in [0.15, 0.2) is 0 Å². The van der Waals surface area contributed by atoms with E-state index in [0.717, 1.165) is 30.2 Å². The molecular weight excluding hydrogens is 438 g/mol. The summed E-state index contributed by atoms with van der Waals surface area (Å²) in [5.41, 5.74) is 3.14. The maximum absolute atomic E-state index is 14.2. The van der Waals surface area contributed by atoms with Gasteiger partial charge < -0.3 is 0 Å². The van der Waals surface area contributed by atoms with Crippen molar-refractivity contribution in [2.45, 2.75) is 45.2 Å². The lowest BCUT2D eigenvalue weighted by atomic mass is 9.68. The molecule has 0 saturated carbocycles. The minimum Gasteiger partial charge on any atom is -0.289 e. The van der Waals surface area contributed by atoms with Gasteiger partial charge in [0, 0.05) is 29.6 Å². The van der Waals surface area contributed by atoms with Crippen molar-refractivity contribution in [1.29, 1.82) is 5.26 Å². The molecule has 33 heavy (non-hydrogen) atoms. The number of likely N-dealkylation sites (tertiary alicyclic amines) is 1. The van der Waals surface area contributed by atoms with Crippen LogP contribution in [-0.4, -0.2) is 17.5 Å². The van der Waals surface area contributed by atoms with Gasteiger partial charge in [-0.2, -0.15) is 5.26 Å². The highest BCUT2D eigenvalue weighted by Crippen LogP contribution is 2.48. The largest absolute Gasteiger partial charge is 0.289 e. The lowest BCUT2D eigenvalue weighted by Crippen LogP contribution is -2.55. The Morgan fingerprint density at radius 3 is 2.15 bits per heavy atom. The first-order chi connectivity index (χ1) is 15.7. The normalized spacial score (nSPS) is 18.3. The third-order valence-corrected chi connectivity index (χ3v) is 6.77. The molecule has 1 saturated heterocycles. The monoisotopic (exact) mass is 464 g/mol. The second-order valence-corrected chi connectivity index (χ2v) is 10.3. The molecule has 3 atom stereocenters. The Balaban J connectivity index is 1.80. The molecule has 0 bridgehead atoms. The van der Waals surface area contributed by atoms with E-state index in [4.69, 9.17) is 11.6 Å². The summed E-state index contributed by atoms with van der Waals surface area (Å²) in [5, 5.41) is 10.1. The van der Waals surface area contributed by atoms with Gasteiger partial charge in [-0.15, -0.1) is 0 Å². The zero-order valence-corrected chi connectivity index (χ0v) is 19.8. The lowest BCUT2D eigenvalue weighted by Gasteiger charge is -2.53. The van der Waals surface area contributed by atoms with Gasteiger partial charge in [0.05, 0.1) is 17.7 Å². The van der Waals surface area contributed by atoms with Crippen molar-refractivity contribution in [3.63, 3.8) is 0 Å². The molecule has 4 rings (SSSR count). The molecular formula is C28H27ClF2N2. The van der Waals surface area contributed by atoms with Crippen LogP contribution in [0.25, 0.3) is 0 Å². The van der Waals surface area contributed by atoms with Crippen LogP contribution < -0.4 is 0 Å². The molecule has 3 aromatic rings. The van der Waals surface area contributed by atoms with Gasteiger partial charge in [-0.05, 0) is 64.9 Å². The van der Waals surface area contributed by atoms with Crippen molar-refractivity contribution in [1.82, 2.24) is 4.90 Å². The van der Waals surface area contributed by atoms with Gasteiger partial charge in [-0.3, -0.25) is 4.90 Å². The number of nitrogens with zero attached hydrogens (tertiary/aromatic N) is 2. The van der Waals surface area contributed by atoms with E-state index in [0.29, 0.717) is 16.1 Å². The van der Waals surface area contributed by atoms with Gasteiger partial charge in [0.2, 0.25) is 0 Å². The summed E-state index contributed by atoms with van der Waals surface area (Å²) in [6.45, 7) is 7.19. The fourth-order valence-electron chi connectivity index (χ4n) is 5.16. The number of hydrogen-bond donors (Lipinski definition) is 0. The summed E-state index contributed by atoms with van der Waals surface area (Å²) in [5.74, 6) is -1.19. The van der Waals surface area contributed by atoms with E-state index in [1.165, 1.54) is 12.1 Å². The molecule has 5 heteroatoms. The van der Waals surface area contributed by atoms with E-state index in [2.05, 4.69) is 31.7 Å². The molecule has 0 amide bonds. The van der Waals surface area contributed by atoms with E-state index in [-0.39, 0.29) is 23.4 Å². The molecule has 1 aliphatic rings. The van der Waals surface area contributed by atoms with Gasteiger partial charge in [-0.25, -0.2) is 8.78 Å². The van der Waals surface area contributed by atoms with E-state index in [1.807, 2.05) is 42.5 Å². The minimum absolute atomic E-state index is 0.0783. The first-order valence-electron chi connectivity index (χ1n) is 11.1. The molecule has 3 aromatic carbocycles. The zero-order valence-electron chi connectivity index (χ0n) is 19.0. The predicted molar refractivity (Wildman–Crippen MR) is 128 cm³/mol. The Kier molecular flexibility index (Phi) is 6.56. The van der Waals surface area contributed by atoms with Crippen molar-refractivity contribution in [2.24, 2.45) is 5.41 Å². The second-order valence-electron chi connectivity index (χ2n) is 9.83. The lowest BCUT2D eigenvalue weighted by molar-refractivity contribution is 0.0101. The molecule has 1 heterocycles. The molecule has 1 fully saturated rings. The molecule has 2 nitrogen and oxygen atoms in total. The maximum atomic E-state index is 14.2. The highest BCUT2D eigenvalue weighted by Gasteiger charge is 2.45. The van der Waals surface area contributed by atoms with Crippen LogP contribution in [0, 0.1) is 28.4 Å². The number of halogens is 3. The first kappa shape index (κ1) is 23.4. The number of rotatable bonds is 5. The summed E-state index contributed by atoms with van der Waals surface area (Å²) in [6.07, 6.45) is 0.919. The average Bonchev–Trinajstić information content (AvgIpc) is 2.74. The topological polar surface area (TPSA) is 27.0 Å². The maximum Gasteiger partial charge on any atom is 0.126 e. The van der Waals surface area contributed by atoms with Gasteiger partial charge in [-0.1, -0.05) is 56.6 Å². The Morgan fingerprint density at radius 1 is 0.939 bits per heavy atom. The quantitative estimate of drug-likeness (QED) is 0.391. The van der Waals surface area contributed by atoms with Gasteiger partial charge in [0.25, 0.3) is 0 Å².